The number of hydrogen-bond acceptors (Lipinski definition) is 24. The van der Waals surface area contributed by atoms with Crippen molar-refractivity contribution in [3.63, 3.8) is 0 Å². The second kappa shape index (κ2) is 42.4. The summed E-state index contributed by atoms with van der Waals surface area (Å²) in [6.07, 6.45) is 25.7. The summed E-state index contributed by atoms with van der Waals surface area (Å²) < 4.78 is 81.1. The number of hydrogen-bond donors (Lipinski definition) is 6. The molecule has 8 bridgehead atoms. The molecule has 0 aromatic heterocycles. The molecule has 121 heavy (non-hydrogen) atoms. The van der Waals surface area contributed by atoms with Crippen molar-refractivity contribution >= 4 is 58.5 Å². The van der Waals surface area contributed by atoms with Crippen LogP contribution in [0.2, 0.25) is 72.5 Å². The highest BCUT2D eigenvalue weighted by atomic mass is 28.4. The number of aliphatic hydroxyl groups excluding tert-OH is 6. The van der Waals surface area contributed by atoms with E-state index in [2.05, 4.69) is 213 Å². The van der Waals surface area contributed by atoms with Gasteiger partial charge in [0.2, 0.25) is 0 Å². The summed E-state index contributed by atoms with van der Waals surface area (Å²) >= 11 is 0. The Kier molecular flexibility index (Phi) is 36.3. The average molecular weight is 1770 g/mol. The van der Waals surface area contributed by atoms with E-state index in [-0.39, 0.29) is 166 Å². The summed E-state index contributed by atoms with van der Waals surface area (Å²) in [6.45, 7) is 64.4. The minimum atomic E-state index is -1.86. The summed E-state index contributed by atoms with van der Waals surface area (Å²) in [4.78, 5) is 39.9. The molecular weight excluding hydrogens is 1610 g/mol. The Morgan fingerprint density at radius 1 is 0.446 bits per heavy atom. The Hall–Kier alpha value is -2.77. The van der Waals surface area contributed by atoms with Crippen LogP contribution in [0.1, 0.15) is 183 Å². The van der Waals surface area contributed by atoms with Crippen molar-refractivity contribution in [2.75, 3.05) is 66.1 Å². The molecule has 0 aromatic rings. The average Bonchev–Trinajstić information content (AvgIpc) is 1.73. The molecule has 6 N–H and O–H groups in total. The molecule has 16 rings (SSSR count). The molecule has 7 heterocycles. The van der Waals surface area contributed by atoms with Gasteiger partial charge >= 0.3 is 25.2 Å². The molecule has 13 fully saturated rings. The quantitative estimate of drug-likeness (QED) is 0.0475. The van der Waals surface area contributed by atoms with Gasteiger partial charge in [-0.3, -0.25) is 9.59 Å². The van der Waals surface area contributed by atoms with Crippen molar-refractivity contribution in [2.45, 2.75) is 328 Å². The molecule has 21 unspecified atom stereocenters. The molecule has 6 saturated carbocycles. The minimum Gasteiger partial charge on any atom is -0.466 e. The van der Waals surface area contributed by atoms with Crippen LogP contribution in [-0.4, -0.2) is 228 Å². The van der Waals surface area contributed by atoms with Crippen LogP contribution in [0.5, 0.6) is 0 Å². The molecule has 16 aliphatic rings. The lowest BCUT2D eigenvalue weighted by molar-refractivity contribution is -0.192. The number of esters is 2. The van der Waals surface area contributed by atoms with Gasteiger partial charge in [-0.2, -0.15) is 9.59 Å². The maximum absolute atomic E-state index is 12.3. The van der Waals surface area contributed by atoms with Crippen LogP contribution < -0.4 is 0 Å². The van der Waals surface area contributed by atoms with Crippen LogP contribution in [0.15, 0.2) is 60.7 Å². The first-order valence-corrected chi connectivity index (χ1v) is 57.2. The first kappa shape index (κ1) is 104. The maximum Gasteiger partial charge on any atom is 0.486 e. The lowest BCUT2D eigenvalue weighted by atomic mass is 9.90. The summed E-state index contributed by atoms with van der Waals surface area (Å²) in [6, 6.07) is 0. The van der Waals surface area contributed by atoms with E-state index in [1.165, 1.54) is 6.42 Å². The molecule has 692 valence electrons. The summed E-state index contributed by atoms with van der Waals surface area (Å²) in [5.74, 6) is 6.40. The first-order valence-electron chi connectivity index (χ1n) is 45.6. The highest BCUT2D eigenvalue weighted by Gasteiger charge is 2.61. The van der Waals surface area contributed by atoms with E-state index < -0.39 is 52.0 Å². The largest absolute Gasteiger partial charge is 0.486 e. The van der Waals surface area contributed by atoms with Crippen molar-refractivity contribution < 1.29 is 115 Å². The molecule has 9 aliphatic carbocycles. The predicted octanol–water partition coefficient (Wildman–Crippen LogP) is 14.9. The van der Waals surface area contributed by atoms with Crippen molar-refractivity contribution in [3.05, 3.63) is 60.7 Å². The highest BCUT2D eigenvalue weighted by Crippen LogP contribution is 2.56. The number of carbonyl (C=O) groups excluding carboxylic acids is 4. The van der Waals surface area contributed by atoms with Gasteiger partial charge in [0.1, 0.15) is 0 Å². The standard InChI is InChI=1S/C16H28O3Si.2C14H28O4Si.C14H26O3Si.C10H19BO2.C10H14O3.C8H12O3.C5H6.CO2/c1-7-18-15(17)13-11-8-9-12(10-11)14(13)19-20(5,6)16(2,3)4;2*1-14(2,3)19(4,5)18-12-9(7-15)6-10-11(12)8-17-13(10)16;1-14(2,3)18(4,5)17-12-9-6-10-11(12)8-16-13(10)15-7-9;1-6-7-8-11-12-9(2,3)10(4,5)13-11;1-2-13-10(12)8-6-3-4-7(5-6)9(8)11;9-7-4-1-5-6(7)3-11-8(5)10-2-4;1-2-4-5-3-1;2-1-3/h8-9,11-14H,7,10H2,1-6H3;2*9-13,15-16H,6-8H2,1-5H3;9-13H,6-8H2,1-5H3;7-8H,6H2,1-5H3;3-4,6-9,11H,2,5H2,1H3;4-9H,1-3H2;1-4H,5H2;/b;;;;8-7+;;;;/t;9-,10?,11-,12-,13?;9-,10?,11-,12-,13+;;;;;;/m.11....../s1. The van der Waals surface area contributed by atoms with Gasteiger partial charge in [-0.15, -0.1) is 0 Å². The number of ether oxygens (including phenoxy) is 8. The molecule has 28 atom stereocenters. The van der Waals surface area contributed by atoms with E-state index in [4.69, 9.17) is 74.5 Å². The normalized spacial score (nSPS) is 37.8. The van der Waals surface area contributed by atoms with Crippen molar-refractivity contribution in [2.24, 2.45) is 107 Å². The van der Waals surface area contributed by atoms with E-state index in [0.29, 0.717) is 93.1 Å². The van der Waals surface area contributed by atoms with E-state index in [1.54, 1.807) is 6.92 Å². The molecule has 0 aromatic carbocycles. The topological polar surface area (TPSA) is 319 Å². The molecule has 0 spiro atoms. The zero-order valence-corrected chi connectivity index (χ0v) is 82.8. The zero-order chi connectivity index (χ0) is 90.3. The number of rotatable bonds is 16. The first-order chi connectivity index (χ1) is 56.2. The van der Waals surface area contributed by atoms with Crippen LogP contribution in [0, 0.1) is 107 Å². The van der Waals surface area contributed by atoms with Crippen LogP contribution >= 0.6 is 0 Å². The van der Waals surface area contributed by atoms with E-state index in [9.17, 15) is 40.2 Å². The molecule has 0 amide bonds. The van der Waals surface area contributed by atoms with Gasteiger partial charge in [0.25, 0.3) is 0 Å². The van der Waals surface area contributed by atoms with Crippen molar-refractivity contribution in [1.29, 1.82) is 0 Å². The maximum atomic E-state index is 12.3. The van der Waals surface area contributed by atoms with Gasteiger partial charge in [0.15, 0.2) is 58.4 Å². The zero-order valence-electron chi connectivity index (χ0n) is 78.8. The van der Waals surface area contributed by atoms with Crippen molar-refractivity contribution in [1.82, 2.24) is 0 Å². The molecule has 24 nitrogen and oxygen atoms in total. The van der Waals surface area contributed by atoms with Gasteiger partial charge in [-0.1, -0.05) is 151 Å². The van der Waals surface area contributed by atoms with Crippen LogP contribution in [0.4, 0.5) is 0 Å². The Balaban J connectivity index is 0.000000174. The van der Waals surface area contributed by atoms with Crippen LogP contribution in [0.3, 0.4) is 0 Å². The fourth-order valence-corrected chi connectivity index (χ4v) is 24.6. The number of fused-ring (bicyclic) bond motifs is 8. The third-order valence-electron chi connectivity index (χ3n) is 31.1. The molecule has 7 aliphatic heterocycles. The summed E-state index contributed by atoms with van der Waals surface area (Å²) in [5.41, 5.74) is -0.425. The third kappa shape index (κ3) is 24.7. The minimum absolute atomic E-state index is 0.00778. The SMILES string of the molecule is C1=CCC=C1.CC(C)(C)[Si](C)(C)OC1C2COC3OCC1C3C2.CC(C)(C)[Si](C)(C)O[C@@H]1[C@@H](CO)CC2C(O)OC[C@H]21.CC(C)(C)[Si](C)(C)O[C@@H]1[C@@H](CO)CC2[C@H]1CO[C@@H]2O.CC/C=C/B1OC(C)(C)C(C)(C)O1.CCOC(=O)C1C2C=CC(C2)C1O.CCOC(=O)C1C2C=CC(C2)C1O[Si](C)(C)C(C)(C)C.O=C=O.OC1C2COC3OCC1C3C2. The fourth-order valence-electron chi connectivity index (χ4n) is 19.0. The molecule has 0 radical (unpaired) electrons. The van der Waals surface area contributed by atoms with Crippen LogP contribution in [-0.2, 0) is 84.1 Å². The lowest BCUT2D eigenvalue weighted by Gasteiger charge is -2.41. The van der Waals surface area contributed by atoms with Crippen LogP contribution in [0.25, 0.3) is 0 Å². The van der Waals surface area contributed by atoms with Gasteiger partial charge in [0.05, 0.1) is 113 Å². The third-order valence-corrected chi connectivity index (χ3v) is 49.0. The molecule has 29 heteroatoms. The molecular formula is C92H161BO24Si4. The number of carbonyl (C=O) groups is 2. The monoisotopic (exact) mass is 1770 g/mol. The smallest absolute Gasteiger partial charge is 0.466 e. The molecule has 7 saturated heterocycles. The second-order valence-electron chi connectivity index (χ2n) is 43.6. The highest BCUT2D eigenvalue weighted by molar-refractivity contribution is 6.75. The van der Waals surface area contributed by atoms with E-state index in [1.807, 2.05) is 25.1 Å². The Morgan fingerprint density at radius 2 is 0.802 bits per heavy atom. The van der Waals surface area contributed by atoms with Gasteiger partial charge < -0.3 is 95.5 Å². The predicted molar refractivity (Wildman–Crippen MR) is 475 cm³/mol. The van der Waals surface area contributed by atoms with Gasteiger partial charge in [-0.25, -0.2) is 0 Å². The van der Waals surface area contributed by atoms with E-state index in [0.717, 1.165) is 58.2 Å². The van der Waals surface area contributed by atoms with Gasteiger partial charge in [-0.05, 0) is 177 Å². The Labute approximate surface area is 730 Å². The number of allylic oxidation sites excluding steroid dienone is 7. The summed E-state index contributed by atoms with van der Waals surface area (Å²) in [7, 11) is -7.43. The number of aliphatic hydroxyl groups is 6. The van der Waals surface area contributed by atoms with E-state index >= 15 is 0 Å². The summed E-state index contributed by atoms with van der Waals surface area (Å²) in [5, 5.41) is 59.1. The second-order valence-corrected chi connectivity index (χ2v) is 62.6. The van der Waals surface area contributed by atoms with Gasteiger partial charge in [0, 0.05) is 96.1 Å². The Morgan fingerprint density at radius 3 is 1.21 bits per heavy atom. The lowest BCUT2D eigenvalue weighted by Crippen LogP contribution is -2.48. The Bertz CT molecular complexity index is 3390. The fraction of sp³-hybridized carbons (Fsp3) is 0.859. The van der Waals surface area contributed by atoms with Crippen molar-refractivity contribution in [3.8, 4) is 0 Å².